The Balaban J connectivity index is 2.90. The molecule has 0 bridgehead atoms. The third-order valence-corrected chi connectivity index (χ3v) is 2.14. The van der Waals surface area contributed by atoms with Gasteiger partial charge in [0.2, 0.25) is 0 Å². The Morgan fingerprint density at radius 2 is 1.80 bits per heavy atom. The van der Waals surface area contributed by atoms with Crippen LogP contribution in [0.4, 0.5) is 13.2 Å². The van der Waals surface area contributed by atoms with Crippen LogP contribution in [0.3, 0.4) is 0 Å². The van der Waals surface area contributed by atoms with Crippen LogP contribution in [0.15, 0.2) is 24.3 Å². The fourth-order valence-corrected chi connectivity index (χ4v) is 1.43. The summed E-state index contributed by atoms with van der Waals surface area (Å²) in [6, 6.07) is 4.17. The molecule has 0 aliphatic carbocycles. The molecule has 0 heterocycles. The fourth-order valence-electron chi connectivity index (χ4n) is 1.43. The third-order valence-electron chi connectivity index (χ3n) is 2.14. The van der Waals surface area contributed by atoms with Gasteiger partial charge in [-0.05, 0) is 29.7 Å². The van der Waals surface area contributed by atoms with E-state index in [1.54, 1.807) is 0 Å². The molecule has 0 saturated heterocycles. The predicted molar refractivity (Wildman–Crippen MR) is 49.2 cm³/mol. The molecule has 0 aromatic heterocycles. The van der Waals surface area contributed by atoms with E-state index in [0.29, 0.717) is 0 Å². The first-order valence-electron chi connectivity index (χ1n) is 4.16. The number of fused-ring (bicyclic) bond motifs is 1. The van der Waals surface area contributed by atoms with Crippen molar-refractivity contribution < 1.29 is 18.0 Å². The number of rotatable bonds is 1. The van der Waals surface area contributed by atoms with Crippen LogP contribution in [0.25, 0.3) is 10.8 Å². The Hall–Kier alpha value is -1.84. The minimum Gasteiger partial charge on any atom is -0.298 e. The highest BCUT2D eigenvalue weighted by Gasteiger charge is 2.12. The normalized spacial score (nSPS) is 10.6. The zero-order valence-electron chi connectivity index (χ0n) is 7.43. The molecule has 0 unspecified atom stereocenters. The van der Waals surface area contributed by atoms with Crippen molar-refractivity contribution in [1.82, 2.24) is 0 Å². The van der Waals surface area contributed by atoms with Gasteiger partial charge in [0.1, 0.15) is 17.5 Å². The van der Waals surface area contributed by atoms with Gasteiger partial charge in [0.05, 0.1) is 5.56 Å². The van der Waals surface area contributed by atoms with E-state index in [1.807, 2.05) is 0 Å². The Bertz CT molecular complexity index is 549. The van der Waals surface area contributed by atoms with Gasteiger partial charge in [-0.1, -0.05) is 0 Å². The van der Waals surface area contributed by atoms with Gasteiger partial charge in [0, 0.05) is 5.39 Å². The molecule has 15 heavy (non-hydrogen) atoms. The summed E-state index contributed by atoms with van der Waals surface area (Å²) < 4.78 is 39.4. The summed E-state index contributed by atoms with van der Waals surface area (Å²) in [6.07, 6.45) is 0.105. The lowest BCUT2D eigenvalue weighted by atomic mass is 10.1. The minimum absolute atomic E-state index is 0.0277. The van der Waals surface area contributed by atoms with Crippen LogP contribution in [0.1, 0.15) is 10.4 Å². The minimum atomic E-state index is -0.986. The van der Waals surface area contributed by atoms with Gasteiger partial charge >= 0.3 is 0 Å². The first-order chi connectivity index (χ1) is 7.13. The number of hydrogen-bond acceptors (Lipinski definition) is 1. The predicted octanol–water partition coefficient (Wildman–Crippen LogP) is 3.07. The van der Waals surface area contributed by atoms with E-state index in [-0.39, 0.29) is 17.1 Å². The molecule has 2 rings (SSSR count). The van der Waals surface area contributed by atoms with E-state index < -0.39 is 23.0 Å². The smallest absolute Gasteiger partial charge is 0.155 e. The summed E-state index contributed by atoms with van der Waals surface area (Å²) in [5, 5.41) is 0.121. The zero-order valence-corrected chi connectivity index (χ0v) is 7.43. The number of halogens is 3. The number of benzene rings is 2. The second kappa shape index (κ2) is 3.38. The van der Waals surface area contributed by atoms with Gasteiger partial charge in [0.25, 0.3) is 0 Å². The largest absolute Gasteiger partial charge is 0.298 e. The maximum absolute atomic E-state index is 13.5. The molecule has 0 aliphatic heterocycles. The molecule has 2 aromatic carbocycles. The van der Waals surface area contributed by atoms with E-state index in [9.17, 15) is 18.0 Å². The molecule has 0 aliphatic rings. The number of carbonyl (C=O) groups is 1. The Labute approximate surface area is 83.1 Å². The van der Waals surface area contributed by atoms with E-state index >= 15 is 0 Å². The molecule has 0 spiro atoms. The van der Waals surface area contributed by atoms with Gasteiger partial charge in [-0.15, -0.1) is 0 Å². The van der Waals surface area contributed by atoms with Gasteiger partial charge in [0.15, 0.2) is 6.29 Å². The fraction of sp³-hybridized carbons (Fsp3) is 0. The average molecular weight is 210 g/mol. The summed E-state index contributed by atoms with van der Waals surface area (Å²) in [6.45, 7) is 0. The molecule has 2 aromatic rings. The average Bonchev–Trinajstić information content (AvgIpc) is 2.17. The monoisotopic (exact) mass is 210 g/mol. The second-order valence-electron chi connectivity index (χ2n) is 3.07. The van der Waals surface area contributed by atoms with Crippen LogP contribution < -0.4 is 0 Å². The highest BCUT2D eigenvalue weighted by molar-refractivity contribution is 5.90. The molecule has 0 N–H and O–H groups in total. The van der Waals surface area contributed by atoms with Crippen LogP contribution in [-0.2, 0) is 0 Å². The molecular formula is C11H5F3O. The summed E-state index contributed by atoms with van der Waals surface area (Å²) in [4.78, 5) is 10.4. The first kappa shape index (κ1) is 9.71. The highest BCUT2D eigenvalue weighted by Crippen LogP contribution is 2.23. The van der Waals surface area contributed by atoms with Gasteiger partial charge in [-0.3, -0.25) is 4.79 Å². The lowest BCUT2D eigenvalue weighted by Gasteiger charge is -2.03. The molecule has 0 fully saturated rings. The van der Waals surface area contributed by atoms with E-state index in [1.165, 1.54) is 6.07 Å². The van der Waals surface area contributed by atoms with Crippen molar-refractivity contribution in [1.29, 1.82) is 0 Å². The standard InChI is InChI=1S/C11H5F3O/c12-7-1-2-8-6(3-7)4-10(13)9(5-15)11(8)14/h1-5H. The third kappa shape index (κ3) is 1.48. The van der Waals surface area contributed by atoms with E-state index in [0.717, 1.165) is 18.2 Å². The second-order valence-corrected chi connectivity index (χ2v) is 3.07. The van der Waals surface area contributed by atoms with Crippen LogP contribution in [-0.4, -0.2) is 6.29 Å². The van der Waals surface area contributed by atoms with Gasteiger partial charge in [-0.2, -0.15) is 0 Å². The van der Waals surface area contributed by atoms with E-state index in [4.69, 9.17) is 0 Å². The van der Waals surface area contributed by atoms with Crippen molar-refractivity contribution in [3.05, 3.63) is 47.3 Å². The maximum Gasteiger partial charge on any atom is 0.155 e. The summed E-state index contributed by atoms with van der Waals surface area (Å²) >= 11 is 0. The Morgan fingerprint density at radius 1 is 1.07 bits per heavy atom. The number of hydrogen-bond donors (Lipinski definition) is 0. The quantitative estimate of drug-likeness (QED) is 0.661. The summed E-state index contributed by atoms with van der Waals surface area (Å²) in [5.41, 5.74) is -0.630. The lowest BCUT2D eigenvalue weighted by molar-refractivity contribution is 0.111. The van der Waals surface area contributed by atoms with Crippen LogP contribution in [0, 0.1) is 17.5 Å². The van der Waals surface area contributed by atoms with Crippen molar-refractivity contribution in [2.75, 3.05) is 0 Å². The number of aldehydes is 1. The number of carbonyl (C=O) groups excluding carboxylic acids is 1. The van der Waals surface area contributed by atoms with E-state index in [2.05, 4.69) is 0 Å². The Kier molecular flexibility index (Phi) is 2.19. The van der Waals surface area contributed by atoms with Crippen molar-refractivity contribution in [3.8, 4) is 0 Å². The molecule has 1 nitrogen and oxygen atoms in total. The van der Waals surface area contributed by atoms with Crippen molar-refractivity contribution in [2.24, 2.45) is 0 Å². The Morgan fingerprint density at radius 3 is 2.47 bits per heavy atom. The summed E-state index contributed by atoms with van der Waals surface area (Å²) in [7, 11) is 0. The van der Waals surface area contributed by atoms with Gasteiger partial charge < -0.3 is 0 Å². The molecule has 76 valence electrons. The molecule has 0 radical (unpaired) electrons. The molecule has 0 amide bonds. The molecular weight excluding hydrogens is 205 g/mol. The first-order valence-corrected chi connectivity index (χ1v) is 4.16. The van der Waals surface area contributed by atoms with Crippen LogP contribution in [0.2, 0.25) is 0 Å². The lowest BCUT2D eigenvalue weighted by Crippen LogP contribution is -1.95. The summed E-state index contributed by atoms with van der Waals surface area (Å²) in [5.74, 6) is -2.53. The zero-order chi connectivity index (χ0) is 11.0. The van der Waals surface area contributed by atoms with Crippen molar-refractivity contribution >= 4 is 17.1 Å². The molecule has 4 heteroatoms. The molecule has 0 atom stereocenters. The topological polar surface area (TPSA) is 17.1 Å². The van der Waals surface area contributed by atoms with Gasteiger partial charge in [-0.25, -0.2) is 13.2 Å². The van der Waals surface area contributed by atoms with Crippen molar-refractivity contribution in [2.45, 2.75) is 0 Å². The van der Waals surface area contributed by atoms with Crippen LogP contribution >= 0.6 is 0 Å². The van der Waals surface area contributed by atoms with Crippen molar-refractivity contribution in [3.63, 3.8) is 0 Å². The SMILES string of the molecule is O=Cc1c(F)cc2cc(F)ccc2c1F. The highest BCUT2D eigenvalue weighted by atomic mass is 19.1. The molecule has 0 saturated carbocycles. The van der Waals surface area contributed by atoms with Crippen LogP contribution in [0.5, 0.6) is 0 Å². The maximum atomic E-state index is 13.5.